The molecule has 1 amide bonds. The molecule has 2 bridgehead atoms. The maximum absolute atomic E-state index is 12.7. The Kier molecular flexibility index (Phi) is 4.23. The van der Waals surface area contributed by atoms with Crippen LogP contribution in [0.15, 0.2) is 12.2 Å². The zero-order valence-electron chi connectivity index (χ0n) is 13.1. The summed E-state index contributed by atoms with van der Waals surface area (Å²) in [6, 6.07) is 0. The monoisotopic (exact) mass is 309 g/mol. The van der Waals surface area contributed by atoms with E-state index in [1.165, 1.54) is 0 Å². The smallest absolute Gasteiger partial charge is 0.312 e. The van der Waals surface area contributed by atoms with Gasteiger partial charge in [-0.15, -0.1) is 0 Å². The van der Waals surface area contributed by atoms with E-state index < -0.39 is 17.4 Å². The van der Waals surface area contributed by atoms with Crippen LogP contribution < -0.4 is 0 Å². The fourth-order valence-corrected chi connectivity index (χ4v) is 3.74. The van der Waals surface area contributed by atoms with Crippen molar-refractivity contribution in [1.29, 1.82) is 0 Å². The number of rotatable bonds is 7. The van der Waals surface area contributed by atoms with Crippen molar-refractivity contribution < 1.29 is 23.8 Å². The minimum atomic E-state index is -0.634. The molecule has 2 saturated heterocycles. The third kappa shape index (κ3) is 2.34. The van der Waals surface area contributed by atoms with Crippen LogP contribution in [0.25, 0.3) is 0 Å². The molecule has 0 radical (unpaired) electrons. The standard InChI is InChI=1S/C16H23NO5/c1-3-8-21-15(19)12-11-5-6-16(22-11)10-17(7-4-9-20-2)14(18)13(12)16/h5-6,11-13H,3-4,7-10H2,1-2H3/t11-,12+,13-,16+/m0/s1. The summed E-state index contributed by atoms with van der Waals surface area (Å²) in [4.78, 5) is 26.8. The fraction of sp³-hybridized carbons (Fsp3) is 0.750. The van der Waals surface area contributed by atoms with Gasteiger partial charge in [0.2, 0.25) is 5.91 Å². The van der Waals surface area contributed by atoms with E-state index in [0.717, 1.165) is 12.8 Å². The van der Waals surface area contributed by atoms with Crippen LogP contribution in [0.4, 0.5) is 0 Å². The number of likely N-dealkylation sites (tertiary alicyclic amines) is 1. The Morgan fingerprint density at radius 1 is 1.50 bits per heavy atom. The van der Waals surface area contributed by atoms with Crippen molar-refractivity contribution in [1.82, 2.24) is 4.90 Å². The number of hydrogen-bond donors (Lipinski definition) is 0. The number of ether oxygens (including phenoxy) is 3. The van der Waals surface area contributed by atoms with Gasteiger partial charge in [-0.2, -0.15) is 0 Å². The second kappa shape index (κ2) is 6.01. The lowest BCUT2D eigenvalue weighted by Gasteiger charge is -2.22. The average molecular weight is 309 g/mol. The highest BCUT2D eigenvalue weighted by molar-refractivity contribution is 5.91. The molecule has 2 fully saturated rings. The summed E-state index contributed by atoms with van der Waals surface area (Å²) in [6.07, 6.45) is 5.09. The van der Waals surface area contributed by atoms with Gasteiger partial charge in [0.25, 0.3) is 0 Å². The molecule has 3 rings (SSSR count). The van der Waals surface area contributed by atoms with Gasteiger partial charge in [-0.25, -0.2) is 0 Å². The molecule has 1 spiro atoms. The number of hydrogen-bond acceptors (Lipinski definition) is 5. The van der Waals surface area contributed by atoms with Crippen LogP contribution in [-0.4, -0.2) is 61.9 Å². The Morgan fingerprint density at radius 2 is 2.32 bits per heavy atom. The van der Waals surface area contributed by atoms with Gasteiger partial charge in [-0.05, 0) is 12.8 Å². The van der Waals surface area contributed by atoms with Crippen LogP contribution >= 0.6 is 0 Å². The topological polar surface area (TPSA) is 65.1 Å². The van der Waals surface area contributed by atoms with Crippen LogP contribution in [-0.2, 0) is 23.8 Å². The van der Waals surface area contributed by atoms with Gasteiger partial charge in [-0.3, -0.25) is 9.59 Å². The van der Waals surface area contributed by atoms with Crippen molar-refractivity contribution in [3.8, 4) is 0 Å². The van der Waals surface area contributed by atoms with E-state index in [2.05, 4.69) is 0 Å². The molecule has 3 heterocycles. The molecule has 0 aromatic carbocycles. The quantitative estimate of drug-likeness (QED) is 0.395. The first kappa shape index (κ1) is 15.5. The summed E-state index contributed by atoms with van der Waals surface area (Å²) in [5.74, 6) is -1.25. The molecular formula is C16H23NO5. The number of carbonyl (C=O) groups is 2. The first-order chi connectivity index (χ1) is 10.6. The first-order valence-corrected chi connectivity index (χ1v) is 7.94. The highest BCUT2D eigenvalue weighted by Gasteiger charge is 2.67. The largest absolute Gasteiger partial charge is 0.465 e. The molecule has 0 aromatic heterocycles. The fourth-order valence-electron chi connectivity index (χ4n) is 3.74. The van der Waals surface area contributed by atoms with E-state index in [-0.39, 0.29) is 18.0 Å². The molecule has 0 saturated carbocycles. The third-order valence-electron chi connectivity index (χ3n) is 4.68. The van der Waals surface area contributed by atoms with Crippen molar-refractivity contribution in [2.75, 3.05) is 33.4 Å². The van der Waals surface area contributed by atoms with Gasteiger partial charge in [0.15, 0.2) is 0 Å². The molecule has 22 heavy (non-hydrogen) atoms. The van der Waals surface area contributed by atoms with E-state index in [0.29, 0.717) is 26.3 Å². The highest BCUT2D eigenvalue weighted by atomic mass is 16.6. The van der Waals surface area contributed by atoms with Gasteiger partial charge in [0.1, 0.15) is 11.5 Å². The van der Waals surface area contributed by atoms with E-state index >= 15 is 0 Å². The van der Waals surface area contributed by atoms with E-state index in [9.17, 15) is 9.59 Å². The van der Waals surface area contributed by atoms with Gasteiger partial charge >= 0.3 is 5.97 Å². The summed E-state index contributed by atoms with van der Waals surface area (Å²) in [5, 5.41) is 0. The SMILES string of the molecule is CCCOC(=O)[C@@H]1[C@@H]2C=C[C@]3(CN(CCCOC)C(=O)[C@H]13)O2. The molecular weight excluding hydrogens is 286 g/mol. The Labute approximate surface area is 130 Å². The highest BCUT2D eigenvalue weighted by Crippen LogP contribution is 2.52. The molecule has 3 aliphatic heterocycles. The number of amides is 1. The maximum atomic E-state index is 12.7. The van der Waals surface area contributed by atoms with Crippen molar-refractivity contribution in [2.45, 2.75) is 31.5 Å². The Balaban J connectivity index is 1.73. The summed E-state index contributed by atoms with van der Waals surface area (Å²) in [5.41, 5.74) is -0.634. The van der Waals surface area contributed by atoms with Gasteiger partial charge < -0.3 is 19.1 Å². The average Bonchev–Trinajstić information content (AvgIpc) is 3.14. The lowest BCUT2D eigenvalue weighted by Crippen LogP contribution is -2.40. The number of carbonyl (C=O) groups excluding carboxylic acids is 2. The molecule has 6 heteroatoms. The van der Waals surface area contributed by atoms with Crippen LogP contribution in [0.2, 0.25) is 0 Å². The summed E-state index contributed by atoms with van der Waals surface area (Å²) in [7, 11) is 1.65. The number of esters is 1. The zero-order valence-corrected chi connectivity index (χ0v) is 13.1. The normalized spacial score (nSPS) is 35.3. The van der Waals surface area contributed by atoms with E-state index in [1.807, 2.05) is 19.1 Å². The number of methoxy groups -OCH3 is 1. The summed E-state index contributed by atoms with van der Waals surface area (Å²) < 4.78 is 16.3. The van der Waals surface area contributed by atoms with Crippen LogP contribution in [0, 0.1) is 11.8 Å². The number of nitrogens with zero attached hydrogens (tertiary/aromatic N) is 1. The lowest BCUT2D eigenvalue weighted by atomic mass is 9.77. The molecule has 122 valence electrons. The minimum absolute atomic E-state index is 0.00130. The van der Waals surface area contributed by atoms with Gasteiger partial charge in [0, 0.05) is 20.3 Å². The molecule has 3 aliphatic rings. The van der Waals surface area contributed by atoms with Crippen molar-refractivity contribution >= 4 is 11.9 Å². The maximum Gasteiger partial charge on any atom is 0.312 e. The van der Waals surface area contributed by atoms with Crippen LogP contribution in [0.5, 0.6) is 0 Å². The van der Waals surface area contributed by atoms with Gasteiger partial charge in [0.05, 0.1) is 25.2 Å². The Bertz CT molecular complexity index is 491. The van der Waals surface area contributed by atoms with Crippen LogP contribution in [0.1, 0.15) is 19.8 Å². The Morgan fingerprint density at radius 3 is 3.05 bits per heavy atom. The second-order valence-electron chi connectivity index (χ2n) is 6.17. The predicted octanol–water partition coefficient (Wildman–Crippen LogP) is 0.758. The molecule has 0 aliphatic carbocycles. The van der Waals surface area contributed by atoms with Crippen LogP contribution in [0.3, 0.4) is 0 Å². The van der Waals surface area contributed by atoms with Gasteiger partial charge in [-0.1, -0.05) is 19.1 Å². The summed E-state index contributed by atoms with van der Waals surface area (Å²) in [6.45, 7) is 4.10. The van der Waals surface area contributed by atoms with E-state index in [4.69, 9.17) is 14.2 Å². The summed E-state index contributed by atoms with van der Waals surface area (Å²) >= 11 is 0. The minimum Gasteiger partial charge on any atom is -0.465 e. The zero-order chi connectivity index (χ0) is 15.7. The molecule has 4 atom stereocenters. The van der Waals surface area contributed by atoms with Crippen molar-refractivity contribution in [3.05, 3.63) is 12.2 Å². The molecule has 0 N–H and O–H groups in total. The Hall–Kier alpha value is -1.40. The van der Waals surface area contributed by atoms with Crippen molar-refractivity contribution in [3.63, 3.8) is 0 Å². The first-order valence-electron chi connectivity index (χ1n) is 7.94. The number of fused-ring (bicyclic) bond motifs is 1. The third-order valence-corrected chi connectivity index (χ3v) is 4.68. The molecule has 0 aromatic rings. The second-order valence-corrected chi connectivity index (χ2v) is 6.17. The van der Waals surface area contributed by atoms with E-state index in [1.54, 1.807) is 12.0 Å². The molecule has 6 nitrogen and oxygen atoms in total. The van der Waals surface area contributed by atoms with Crippen molar-refractivity contribution in [2.24, 2.45) is 11.8 Å². The predicted molar refractivity (Wildman–Crippen MR) is 78.0 cm³/mol. The lowest BCUT2D eigenvalue weighted by molar-refractivity contribution is -0.153. The molecule has 0 unspecified atom stereocenters.